The van der Waals surface area contributed by atoms with Gasteiger partial charge in [-0.15, -0.1) is 0 Å². The smallest absolute Gasteiger partial charge is 0.128 e. The largest absolute Gasteiger partial charge is 0.496 e. The molecule has 0 radical (unpaired) electrons. The van der Waals surface area contributed by atoms with Crippen LogP contribution in [-0.2, 0) is 0 Å². The summed E-state index contributed by atoms with van der Waals surface area (Å²) in [7, 11) is 1.69. The van der Waals surface area contributed by atoms with Crippen LogP contribution in [0.4, 0.5) is 0 Å². The lowest BCUT2D eigenvalue weighted by molar-refractivity contribution is 0.416. The number of hydrogen-bond acceptors (Lipinski definition) is 2. The van der Waals surface area contributed by atoms with E-state index in [4.69, 9.17) is 9.84 Å². The topological polar surface area (TPSA) is 27.1 Å². The predicted molar refractivity (Wildman–Crippen MR) is 101 cm³/mol. The van der Waals surface area contributed by atoms with Crippen molar-refractivity contribution in [2.75, 3.05) is 7.11 Å². The van der Waals surface area contributed by atoms with Crippen LogP contribution in [0.15, 0.2) is 91.0 Å². The van der Waals surface area contributed by atoms with Gasteiger partial charge in [0.2, 0.25) is 0 Å². The summed E-state index contributed by atoms with van der Waals surface area (Å²) in [6, 6.07) is 30.5. The first-order valence-electron chi connectivity index (χ1n) is 8.21. The molecule has 0 bridgehead atoms. The molecule has 3 heteroatoms. The number of hydrogen-bond donors (Lipinski definition) is 0. The van der Waals surface area contributed by atoms with Crippen LogP contribution >= 0.6 is 0 Å². The fraction of sp³-hybridized carbons (Fsp3) is 0.0455. The first-order chi connectivity index (χ1) is 12.4. The van der Waals surface area contributed by atoms with Crippen LogP contribution < -0.4 is 4.74 Å². The number of rotatable bonds is 4. The van der Waals surface area contributed by atoms with Gasteiger partial charge in [-0.25, -0.2) is 4.68 Å². The van der Waals surface area contributed by atoms with Crippen LogP contribution in [-0.4, -0.2) is 16.9 Å². The van der Waals surface area contributed by atoms with E-state index in [1.165, 1.54) is 0 Å². The van der Waals surface area contributed by atoms with Crippen LogP contribution in [0.25, 0.3) is 28.2 Å². The van der Waals surface area contributed by atoms with E-state index in [2.05, 4.69) is 36.4 Å². The van der Waals surface area contributed by atoms with Crippen LogP contribution in [0.1, 0.15) is 0 Å². The summed E-state index contributed by atoms with van der Waals surface area (Å²) >= 11 is 0. The molecule has 3 nitrogen and oxygen atoms in total. The summed E-state index contributed by atoms with van der Waals surface area (Å²) in [5.41, 5.74) is 5.07. The van der Waals surface area contributed by atoms with Crippen molar-refractivity contribution in [2.24, 2.45) is 0 Å². The summed E-state index contributed by atoms with van der Waals surface area (Å²) in [5.74, 6) is 0.833. The van der Waals surface area contributed by atoms with Crippen molar-refractivity contribution in [1.82, 2.24) is 9.78 Å². The van der Waals surface area contributed by atoms with Gasteiger partial charge in [-0.1, -0.05) is 60.7 Å². The van der Waals surface area contributed by atoms with Crippen LogP contribution in [0.3, 0.4) is 0 Å². The van der Waals surface area contributed by atoms with E-state index in [1.807, 2.05) is 59.3 Å². The quantitative estimate of drug-likeness (QED) is 0.514. The maximum Gasteiger partial charge on any atom is 0.128 e. The highest BCUT2D eigenvalue weighted by Crippen LogP contribution is 2.34. The van der Waals surface area contributed by atoms with E-state index < -0.39 is 0 Å². The minimum absolute atomic E-state index is 0.833. The number of aromatic nitrogens is 2. The Balaban J connectivity index is 1.94. The zero-order valence-corrected chi connectivity index (χ0v) is 14.0. The summed E-state index contributed by atoms with van der Waals surface area (Å²) < 4.78 is 7.54. The molecule has 4 rings (SSSR count). The molecule has 0 N–H and O–H groups in total. The van der Waals surface area contributed by atoms with E-state index in [0.717, 1.165) is 34.0 Å². The fourth-order valence-corrected chi connectivity index (χ4v) is 2.95. The lowest BCUT2D eigenvalue weighted by Gasteiger charge is -2.10. The Morgan fingerprint density at radius 2 is 1.40 bits per heavy atom. The minimum Gasteiger partial charge on any atom is -0.496 e. The summed E-state index contributed by atoms with van der Waals surface area (Å²) in [5, 5.41) is 4.86. The molecule has 1 aromatic heterocycles. The third kappa shape index (κ3) is 2.92. The number of nitrogens with zero attached hydrogens (tertiary/aromatic N) is 2. The Labute approximate surface area is 147 Å². The molecule has 0 aliphatic heterocycles. The second kappa shape index (κ2) is 6.65. The van der Waals surface area contributed by atoms with Gasteiger partial charge in [-0.05, 0) is 30.3 Å². The maximum absolute atomic E-state index is 5.56. The molecule has 25 heavy (non-hydrogen) atoms. The predicted octanol–water partition coefficient (Wildman–Crippen LogP) is 5.21. The minimum atomic E-state index is 0.833. The average Bonchev–Trinajstić information content (AvgIpc) is 3.14. The number of para-hydroxylation sites is 2. The Morgan fingerprint density at radius 1 is 0.760 bits per heavy atom. The molecule has 0 amide bonds. The third-order valence-electron chi connectivity index (χ3n) is 4.16. The zero-order valence-electron chi connectivity index (χ0n) is 14.0. The van der Waals surface area contributed by atoms with Gasteiger partial charge >= 0.3 is 0 Å². The molecular weight excluding hydrogens is 308 g/mol. The molecule has 122 valence electrons. The Bertz CT molecular complexity index is 975. The Hall–Kier alpha value is -3.33. The number of methoxy groups -OCH3 is 1. The fourth-order valence-electron chi connectivity index (χ4n) is 2.95. The van der Waals surface area contributed by atoms with Crippen molar-refractivity contribution < 1.29 is 4.74 Å². The molecule has 0 spiro atoms. The molecule has 0 saturated heterocycles. The van der Waals surface area contributed by atoms with Gasteiger partial charge in [0.1, 0.15) is 5.75 Å². The molecule has 0 saturated carbocycles. The number of benzene rings is 3. The molecule has 0 aliphatic rings. The molecular formula is C22H18N2O. The van der Waals surface area contributed by atoms with E-state index in [-0.39, 0.29) is 0 Å². The second-order valence-electron chi connectivity index (χ2n) is 5.73. The van der Waals surface area contributed by atoms with E-state index >= 15 is 0 Å². The highest BCUT2D eigenvalue weighted by molar-refractivity contribution is 5.74. The van der Waals surface area contributed by atoms with Crippen molar-refractivity contribution in [2.45, 2.75) is 0 Å². The third-order valence-corrected chi connectivity index (χ3v) is 4.16. The zero-order chi connectivity index (χ0) is 17.1. The van der Waals surface area contributed by atoms with E-state index in [9.17, 15) is 0 Å². The van der Waals surface area contributed by atoms with Gasteiger partial charge in [0.15, 0.2) is 0 Å². The molecule has 0 fully saturated rings. The SMILES string of the molecule is COc1ccccc1-c1cc(-c2ccccc2)nn1-c1ccccc1. The standard InChI is InChI=1S/C22H18N2O/c1-25-22-15-9-8-14-19(22)21-16-20(17-10-4-2-5-11-17)23-24(21)18-12-6-3-7-13-18/h2-16H,1H3. The van der Waals surface area contributed by atoms with E-state index in [0.29, 0.717) is 0 Å². The molecule has 4 aromatic rings. The van der Waals surface area contributed by atoms with Gasteiger partial charge in [0.25, 0.3) is 0 Å². The average molecular weight is 326 g/mol. The highest BCUT2D eigenvalue weighted by Gasteiger charge is 2.15. The number of ether oxygens (including phenoxy) is 1. The molecule has 1 heterocycles. The first-order valence-corrected chi connectivity index (χ1v) is 8.21. The van der Waals surface area contributed by atoms with Crippen molar-refractivity contribution in [3.8, 4) is 34.0 Å². The summed E-state index contributed by atoms with van der Waals surface area (Å²) in [6.45, 7) is 0. The van der Waals surface area contributed by atoms with Crippen molar-refractivity contribution >= 4 is 0 Å². The molecule has 0 unspecified atom stereocenters. The maximum atomic E-state index is 5.56. The second-order valence-corrected chi connectivity index (χ2v) is 5.73. The normalized spacial score (nSPS) is 10.6. The lowest BCUT2D eigenvalue weighted by Crippen LogP contribution is -2.00. The molecule has 0 atom stereocenters. The molecule has 3 aromatic carbocycles. The summed E-state index contributed by atoms with van der Waals surface area (Å²) in [4.78, 5) is 0. The Kier molecular flexibility index (Phi) is 4.05. The van der Waals surface area contributed by atoms with Crippen molar-refractivity contribution in [3.63, 3.8) is 0 Å². The van der Waals surface area contributed by atoms with Crippen LogP contribution in [0, 0.1) is 0 Å². The lowest BCUT2D eigenvalue weighted by atomic mass is 10.1. The van der Waals surface area contributed by atoms with E-state index in [1.54, 1.807) is 7.11 Å². The van der Waals surface area contributed by atoms with Gasteiger partial charge in [0.05, 0.1) is 24.2 Å². The van der Waals surface area contributed by atoms with Gasteiger partial charge < -0.3 is 4.74 Å². The van der Waals surface area contributed by atoms with Gasteiger partial charge in [-0.2, -0.15) is 5.10 Å². The molecule has 0 aliphatic carbocycles. The monoisotopic (exact) mass is 326 g/mol. The van der Waals surface area contributed by atoms with Gasteiger partial charge in [-0.3, -0.25) is 0 Å². The van der Waals surface area contributed by atoms with Crippen molar-refractivity contribution in [3.05, 3.63) is 91.0 Å². The van der Waals surface area contributed by atoms with Gasteiger partial charge in [0, 0.05) is 11.1 Å². The highest BCUT2D eigenvalue weighted by atomic mass is 16.5. The van der Waals surface area contributed by atoms with Crippen LogP contribution in [0.2, 0.25) is 0 Å². The van der Waals surface area contributed by atoms with Crippen molar-refractivity contribution in [1.29, 1.82) is 0 Å². The summed E-state index contributed by atoms with van der Waals surface area (Å²) in [6.07, 6.45) is 0. The first kappa shape index (κ1) is 15.2. The Morgan fingerprint density at radius 3 is 2.12 bits per heavy atom. The van der Waals surface area contributed by atoms with Crippen LogP contribution in [0.5, 0.6) is 5.75 Å².